The summed E-state index contributed by atoms with van der Waals surface area (Å²) < 4.78 is 61.2. The van der Waals surface area contributed by atoms with Gasteiger partial charge in [-0.1, -0.05) is 292 Å². The van der Waals surface area contributed by atoms with Crippen molar-refractivity contribution in [3.63, 3.8) is 0 Å². The number of rotatable bonds is 7. The molecule has 0 unspecified atom stereocenters. The number of aromatic hydroxyl groups is 3. The second kappa shape index (κ2) is 41.7. The molecule has 124 heavy (non-hydrogen) atoms. The molecule has 0 atom stereocenters. The molecule has 21 rings (SSSR count). The number of phenolic OH excluding ortho intramolecular Hbond substituents is 3. The molecule has 0 spiro atoms. The Labute approximate surface area is 770 Å². The van der Waals surface area contributed by atoms with Crippen molar-refractivity contribution in [2.75, 3.05) is 0 Å². The summed E-state index contributed by atoms with van der Waals surface area (Å²) in [7, 11) is 0.443. The summed E-state index contributed by atoms with van der Waals surface area (Å²) in [5.41, 5.74) is 15.5. The Morgan fingerprint density at radius 3 is 1.30 bits per heavy atom. The van der Waals surface area contributed by atoms with Crippen LogP contribution in [0.15, 0.2) is 397 Å². The largest absolute Gasteiger partial charge is 0.569 e. The average Bonchev–Trinajstić information content (AvgIpc) is 1.57. The van der Waals surface area contributed by atoms with E-state index in [1.54, 1.807) is 72.8 Å². The van der Waals surface area contributed by atoms with Crippen molar-refractivity contribution in [1.29, 1.82) is 0 Å². The third-order valence-corrected chi connectivity index (χ3v) is 22.9. The minimum absolute atomic E-state index is 0.0181. The predicted octanol–water partition coefficient (Wildman–Crippen LogP) is 33.4. The molecule has 4 heterocycles. The summed E-state index contributed by atoms with van der Waals surface area (Å²) in [6.45, 7) is 0. The second-order valence-electron chi connectivity index (χ2n) is 27.5. The molecule has 4 aromatic heterocycles. The number of phenols is 3. The number of fused-ring (bicyclic) bond motifs is 12. The molecule has 17 aromatic carbocycles. The van der Waals surface area contributed by atoms with Gasteiger partial charge in [0.05, 0.1) is 30.1 Å². The number of nitrogens with one attached hydrogen (secondary N) is 1. The molecule has 0 amide bonds. The van der Waals surface area contributed by atoms with Gasteiger partial charge in [0.15, 0.2) is 11.4 Å². The van der Waals surface area contributed by atoms with E-state index in [2.05, 4.69) is 248 Å². The number of aromatic amines is 1. The first-order valence-electron chi connectivity index (χ1n) is 38.1. The van der Waals surface area contributed by atoms with E-state index in [1.807, 2.05) is 78.9 Å². The summed E-state index contributed by atoms with van der Waals surface area (Å²) in [6, 6.07) is 116. The quantitative estimate of drug-likeness (QED) is 0.100. The van der Waals surface area contributed by atoms with E-state index in [9.17, 15) is 23.4 Å². The lowest BCUT2D eigenvalue weighted by molar-refractivity contribution is 0.431. The van der Waals surface area contributed by atoms with E-state index in [0.717, 1.165) is 69.5 Å². The standard InChI is InChI=1S/C24H14ClNO.C18H13Br.C12H7BrClFO.C12H6BrClO.C12H8ClFO.C12H9N.C6H5BFO2.C6H4BrClO/c25-15-13-19-18-9-3-6-12-23(18)27-24(19)22(14-15)26-20-10-4-1-7-16(20)17-8-2-5-11-21(17)26;19-18-11-5-10-17(13-18)16-9-4-8-15(12-16)14-6-2-1-3-7-14;13-10-6-7(14)5-9(12(10)16)8-3-1-2-4-11(8)15;13-10-6-7(14)5-9-8-3-1-2-4-11(8)15-12(9)10;13-8-5-6-12(15)10(7-8)9-3-1-2-4-11(9)14;1-3-7-11-9(5-1)10-6-2-4-8-12(10)13-11;8-5-3-1-2-4-6(5)10-7-9;7-5-3-4(8)1-2-6(5)9/h1-14H;1-13H;1-6,16H;1-6H;1-7,15H;1-8,13H;1-4,9H;1-3,9H. The predicted molar refractivity (Wildman–Crippen MR) is 521 cm³/mol. The summed E-state index contributed by atoms with van der Waals surface area (Å²) in [6.07, 6.45) is 0. The zero-order valence-electron chi connectivity index (χ0n) is 64.8. The van der Waals surface area contributed by atoms with Crippen molar-refractivity contribution in [2.24, 2.45) is 0 Å². The number of H-pyrrole nitrogens is 1. The summed E-state index contributed by atoms with van der Waals surface area (Å²) >= 11 is 43.0. The number of aromatic nitrogens is 2. The molecule has 0 saturated heterocycles. The van der Waals surface area contributed by atoms with E-state index >= 15 is 0 Å². The van der Waals surface area contributed by atoms with Crippen molar-refractivity contribution in [2.45, 2.75) is 0 Å². The molecule has 21 aromatic rings. The van der Waals surface area contributed by atoms with Gasteiger partial charge in [0, 0.05) is 106 Å². The molecule has 1 radical (unpaired) electrons. The molecule has 9 nitrogen and oxygen atoms in total. The van der Waals surface area contributed by atoms with Crippen LogP contribution in [0.3, 0.4) is 0 Å². The van der Waals surface area contributed by atoms with Crippen LogP contribution in [-0.2, 0) is 0 Å². The highest BCUT2D eigenvalue weighted by Crippen LogP contribution is 2.43. The van der Waals surface area contributed by atoms with Crippen LogP contribution in [0, 0.1) is 17.5 Å². The maximum Gasteiger partial charge on any atom is 0.569 e. The van der Waals surface area contributed by atoms with E-state index in [1.165, 1.54) is 103 Å². The van der Waals surface area contributed by atoms with Crippen molar-refractivity contribution < 1.29 is 47.0 Å². The first-order valence-corrected chi connectivity index (χ1v) is 43.1. The summed E-state index contributed by atoms with van der Waals surface area (Å²) in [4.78, 5) is 3.38. The van der Waals surface area contributed by atoms with Gasteiger partial charge >= 0.3 is 7.69 Å². The number of benzene rings is 17. The molecular weight excluding hydrogens is 1930 g/mol. The summed E-state index contributed by atoms with van der Waals surface area (Å²) in [5, 5.41) is 48.7. The van der Waals surface area contributed by atoms with Crippen LogP contribution in [0.5, 0.6) is 23.0 Å². The molecule has 0 aliphatic rings. The Hall–Kier alpha value is -11.7. The van der Waals surface area contributed by atoms with Crippen LogP contribution >= 0.6 is 122 Å². The molecule has 0 saturated carbocycles. The molecular formula is C102H66BBr4Cl5F3N2O7. The van der Waals surface area contributed by atoms with Crippen LogP contribution in [0.25, 0.3) is 138 Å². The Kier molecular flexibility index (Phi) is 29.8. The smallest absolute Gasteiger partial charge is 0.535 e. The molecule has 5 N–H and O–H groups in total. The van der Waals surface area contributed by atoms with Gasteiger partial charge in [0.2, 0.25) is 0 Å². The van der Waals surface area contributed by atoms with E-state index in [-0.39, 0.29) is 28.8 Å². The lowest BCUT2D eigenvalue weighted by atomic mass is 9.99. The van der Waals surface area contributed by atoms with Gasteiger partial charge in [-0.15, -0.1) is 0 Å². The number of furan rings is 2. The average molecular weight is 2000 g/mol. The van der Waals surface area contributed by atoms with Crippen molar-refractivity contribution in [3.05, 3.63) is 431 Å². The third-order valence-electron chi connectivity index (χ3n) is 19.4. The van der Waals surface area contributed by atoms with Crippen LogP contribution in [0.4, 0.5) is 13.2 Å². The molecule has 0 aliphatic carbocycles. The van der Waals surface area contributed by atoms with Crippen LogP contribution < -0.4 is 4.65 Å². The number of halogens is 12. The summed E-state index contributed by atoms with van der Waals surface area (Å²) in [5.74, 6) is -1.04. The van der Waals surface area contributed by atoms with Gasteiger partial charge in [0.1, 0.15) is 51.4 Å². The Morgan fingerprint density at radius 2 is 0.734 bits per heavy atom. The molecule has 0 aliphatic heterocycles. The minimum atomic E-state index is -0.493. The fourth-order valence-corrected chi connectivity index (χ4v) is 17.0. The highest BCUT2D eigenvalue weighted by molar-refractivity contribution is 9.11. The zero-order valence-corrected chi connectivity index (χ0v) is 74.9. The Balaban J connectivity index is 0.000000118. The van der Waals surface area contributed by atoms with Gasteiger partial charge in [-0.3, -0.25) is 0 Å². The van der Waals surface area contributed by atoms with Crippen molar-refractivity contribution in [3.8, 4) is 73.2 Å². The molecule has 22 heteroatoms. The molecule has 0 bridgehead atoms. The fraction of sp³-hybridized carbons (Fsp3) is 0. The number of hydrogen-bond donors (Lipinski definition) is 5. The van der Waals surface area contributed by atoms with E-state index in [4.69, 9.17) is 77.0 Å². The molecule has 613 valence electrons. The first-order chi connectivity index (χ1) is 60.2. The lowest BCUT2D eigenvalue weighted by Crippen LogP contribution is -2.00. The van der Waals surface area contributed by atoms with Gasteiger partial charge in [-0.25, -0.2) is 13.2 Å². The van der Waals surface area contributed by atoms with Gasteiger partial charge < -0.3 is 43.4 Å². The highest BCUT2D eigenvalue weighted by atomic mass is 79.9. The lowest BCUT2D eigenvalue weighted by Gasteiger charge is -2.09. The maximum atomic E-state index is 13.5. The maximum absolute atomic E-state index is 13.5. The normalized spacial score (nSPS) is 10.7. The monoisotopic (exact) mass is 1990 g/mol. The Bertz CT molecular complexity index is 7260. The van der Waals surface area contributed by atoms with Gasteiger partial charge in [-0.2, -0.15) is 0 Å². The van der Waals surface area contributed by atoms with Gasteiger partial charge in [0.25, 0.3) is 0 Å². The number of nitrogens with zero attached hydrogens (tertiary/aromatic N) is 1. The Morgan fingerprint density at radius 1 is 0.315 bits per heavy atom. The number of hydrogen-bond acceptors (Lipinski definition) is 7. The van der Waals surface area contributed by atoms with E-state index in [0.29, 0.717) is 64.0 Å². The van der Waals surface area contributed by atoms with Crippen LogP contribution in [0.1, 0.15) is 0 Å². The molecule has 0 fully saturated rings. The first kappa shape index (κ1) is 88.6. The minimum Gasteiger partial charge on any atom is -0.535 e. The van der Waals surface area contributed by atoms with Crippen LogP contribution in [-0.4, -0.2) is 37.6 Å². The van der Waals surface area contributed by atoms with Crippen molar-refractivity contribution >= 4 is 217 Å². The third kappa shape index (κ3) is 21.4. The fourth-order valence-electron chi connectivity index (χ4n) is 13.8. The zero-order chi connectivity index (χ0) is 86.9. The van der Waals surface area contributed by atoms with Crippen molar-refractivity contribution in [1.82, 2.24) is 9.55 Å². The van der Waals surface area contributed by atoms with Gasteiger partial charge in [-0.05, 0) is 222 Å². The second-order valence-corrected chi connectivity index (χ2v) is 33.1. The van der Waals surface area contributed by atoms with Crippen LogP contribution in [0.2, 0.25) is 25.1 Å². The topological polar surface area (TPSA) is 137 Å². The number of para-hydroxylation sites is 7. The highest BCUT2D eigenvalue weighted by Gasteiger charge is 2.20. The van der Waals surface area contributed by atoms with E-state index < -0.39 is 11.6 Å². The SMILES string of the molecule is Brc1cccc(-c2cccc(-c3ccccc3)c2)c1.Clc1cc(-n2c3ccccc3c3ccccc32)c2oc3ccccc3c2c1.Clc1cc(Br)c2oc3ccccc3c2c1.O[B]Oc1ccccc1F.Oc1c(Br)cc(Cl)cc1-c1ccccc1F.Oc1ccc(Cl)cc1-c1ccccc1F.Oc1ccc(Cl)cc1Br.c1ccc2c(c1)[nH]c1ccccc12.